The van der Waals surface area contributed by atoms with Crippen LogP contribution in [0.15, 0.2) is 12.4 Å². The lowest BCUT2D eigenvalue weighted by atomic mass is 9.98. The zero-order chi connectivity index (χ0) is 14.8. The monoisotopic (exact) mass is 277 g/mol. The molecule has 2 rings (SSSR count). The van der Waals surface area contributed by atoms with Crippen LogP contribution in [0.4, 0.5) is 5.95 Å². The van der Waals surface area contributed by atoms with Gasteiger partial charge in [0.05, 0.1) is 0 Å². The summed E-state index contributed by atoms with van der Waals surface area (Å²) in [5, 5.41) is 3.24. The lowest BCUT2D eigenvalue weighted by Gasteiger charge is -2.44. The maximum Gasteiger partial charge on any atom is 0.247 e. The van der Waals surface area contributed by atoms with Crippen LogP contribution in [0.1, 0.15) is 26.3 Å². The standard InChI is InChI=1S/C14H23N5O/c1-5-15-8-11-9-16-13(17-10-11)19-7-6-18(4)12(20)14(19,2)3/h9-10,15H,5-8H2,1-4H3. The molecule has 1 N–H and O–H groups in total. The molecule has 0 spiro atoms. The van der Waals surface area contributed by atoms with Gasteiger partial charge in [0.1, 0.15) is 5.54 Å². The van der Waals surface area contributed by atoms with Gasteiger partial charge in [0, 0.05) is 44.6 Å². The van der Waals surface area contributed by atoms with Gasteiger partial charge in [-0.25, -0.2) is 9.97 Å². The predicted octanol–water partition coefficient (Wildman–Crippen LogP) is 0.643. The number of carbonyl (C=O) groups excluding carboxylic acids is 1. The van der Waals surface area contributed by atoms with Crippen molar-refractivity contribution in [1.29, 1.82) is 0 Å². The van der Waals surface area contributed by atoms with Gasteiger partial charge in [-0.3, -0.25) is 4.79 Å². The lowest BCUT2D eigenvalue weighted by molar-refractivity contribution is -0.136. The molecule has 1 saturated heterocycles. The molecule has 0 atom stereocenters. The molecular weight excluding hydrogens is 254 g/mol. The summed E-state index contributed by atoms with van der Waals surface area (Å²) >= 11 is 0. The molecule has 1 aromatic heterocycles. The number of nitrogens with one attached hydrogen (secondary N) is 1. The van der Waals surface area contributed by atoms with E-state index in [0.29, 0.717) is 12.5 Å². The molecule has 6 heteroatoms. The fourth-order valence-corrected chi connectivity index (χ4v) is 2.41. The molecular formula is C14H23N5O. The second-order valence-electron chi connectivity index (χ2n) is 5.61. The molecule has 0 saturated carbocycles. The highest BCUT2D eigenvalue weighted by Gasteiger charge is 2.41. The third-order valence-electron chi connectivity index (χ3n) is 3.72. The smallest absolute Gasteiger partial charge is 0.247 e. The summed E-state index contributed by atoms with van der Waals surface area (Å²) in [5.41, 5.74) is 0.449. The van der Waals surface area contributed by atoms with E-state index in [4.69, 9.17) is 0 Å². The molecule has 6 nitrogen and oxygen atoms in total. The van der Waals surface area contributed by atoms with Crippen molar-refractivity contribution in [2.75, 3.05) is 31.6 Å². The number of piperazine rings is 1. The summed E-state index contributed by atoms with van der Waals surface area (Å²) in [6.07, 6.45) is 3.65. The van der Waals surface area contributed by atoms with E-state index in [1.807, 2.05) is 38.2 Å². The van der Waals surface area contributed by atoms with Gasteiger partial charge in [-0.05, 0) is 20.4 Å². The predicted molar refractivity (Wildman–Crippen MR) is 78.5 cm³/mol. The Bertz CT molecular complexity index is 471. The van der Waals surface area contributed by atoms with E-state index in [0.717, 1.165) is 25.2 Å². The minimum Gasteiger partial charge on any atom is -0.342 e. The number of hydrogen-bond donors (Lipinski definition) is 1. The van der Waals surface area contributed by atoms with Crippen LogP contribution >= 0.6 is 0 Å². The van der Waals surface area contributed by atoms with Crippen LogP contribution in [-0.2, 0) is 11.3 Å². The van der Waals surface area contributed by atoms with Gasteiger partial charge < -0.3 is 15.1 Å². The summed E-state index contributed by atoms with van der Waals surface area (Å²) in [4.78, 5) is 24.8. The average Bonchev–Trinajstić information content (AvgIpc) is 2.44. The number of nitrogens with zero attached hydrogens (tertiary/aromatic N) is 4. The van der Waals surface area contributed by atoms with Crippen molar-refractivity contribution in [3.8, 4) is 0 Å². The van der Waals surface area contributed by atoms with Gasteiger partial charge in [0.25, 0.3) is 0 Å². The molecule has 1 aromatic rings. The molecule has 110 valence electrons. The van der Waals surface area contributed by atoms with Gasteiger partial charge in [-0.1, -0.05) is 6.92 Å². The number of rotatable bonds is 4. The first-order valence-electron chi connectivity index (χ1n) is 7.01. The molecule has 20 heavy (non-hydrogen) atoms. The van der Waals surface area contributed by atoms with Crippen molar-refractivity contribution in [1.82, 2.24) is 20.2 Å². The van der Waals surface area contributed by atoms with Crippen LogP contribution < -0.4 is 10.2 Å². The lowest BCUT2D eigenvalue weighted by Crippen LogP contribution is -2.62. The molecule has 1 amide bonds. The van der Waals surface area contributed by atoms with E-state index in [2.05, 4.69) is 22.2 Å². The van der Waals surface area contributed by atoms with Gasteiger partial charge >= 0.3 is 0 Å². The quantitative estimate of drug-likeness (QED) is 0.875. The maximum atomic E-state index is 12.3. The fraction of sp³-hybridized carbons (Fsp3) is 0.643. The van der Waals surface area contributed by atoms with Crippen LogP contribution in [0.25, 0.3) is 0 Å². The summed E-state index contributed by atoms with van der Waals surface area (Å²) in [5.74, 6) is 0.723. The second kappa shape index (κ2) is 5.75. The van der Waals surface area contributed by atoms with E-state index in [1.54, 1.807) is 4.90 Å². The van der Waals surface area contributed by atoms with Crippen molar-refractivity contribution < 1.29 is 4.79 Å². The Morgan fingerprint density at radius 2 is 1.95 bits per heavy atom. The van der Waals surface area contributed by atoms with Crippen molar-refractivity contribution in [2.24, 2.45) is 0 Å². The fourth-order valence-electron chi connectivity index (χ4n) is 2.41. The first-order valence-corrected chi connectivity index (χ1v) is 7.01. The number of aromatic nitrogens is 2. The number of hydrogen-bond acceptors (Lipinski definition) is 5. The number of amides is 1. The Balaban J connectivity index is 2.16. The third-order valence-corrected chi connectivity index (χ3v) is 3.72. The van der Waals surface area contributed by atoms with E-state index < -0.39 is 5.54 Å². The van der Waals surface area contributed by atoms with E-state index in [-0.39, 0.29) is 5.91 Å². The van der Waals surface area contributed by atoms with Gasteiger partial charge in [0.15, 0.2) is 0 Å². The molecule has 0 aliphatic carbocycles. The first kappa shape index (κ1) is 14.7. The minimum atomic E-state index is -0.601. The van der Waals surface area contributed by atoms with Crippen molar-refractivity contribution in [3.63, 3.8) is 0 Å². The van der Waals surface area contributed by atoms with Crippen molar-refractivity contribution in [3.05, 3.63) is 18.0 Å². The molecule has 0 bridgehead atoms. The number of carbonyl (C=O) groups is 1. The molecule has 0 radical (unpaired) electrons. The Kier molecular flexibility index (Phi) is 4.23. The SMILES string of the molecule is CCNCc1cnc(N2CCN(C)C(=O)C2(C)C)nc1. The Hall–Kier alpha value is -1.69. The Labute approximate surface area is 120 Å². The number of likely N-dealkylation sites (N-methyl/N-ethyl adjacent to an activating group) is 1. The maximum absolute atomic E-state index is 12.3. The molecule has 2 heterocycles. The van der Waals surface area contributed by atoms with E-state index in [1.165, 1.54) is 0 Å². The average molecular weight is 277 g/mol. The highest BCUT2D eigenvalue weighted by molar-refractivity contribution is 5.89. The largest absolute Gasteiger partial charge is 0.342 e. The van der Waals surface area contributed by atoms with Crippen LogP contribution in [0.5, 0.6) is 0 Å². The van der Waals surface area contributed by atoms with Gasteiger partial charge in [-0.15, -0.1) is 0 Å². The van der Waals surface area contributed by atoms with Crippen LogP contribution in [0, 0.1) is 0 Å². The summed E-state index contributed by atoms with van der Waals surface area (Å²) < 4.78 is 0. The van der Waals surface area contributed by atoms with E-state index in [9.17, 15) is 4.79 Å². The Morgan fingerprint density at radius 3 is 2.55 bits per heavy atom. The highest BCUT2D eigenvalue weighted by Crippen LogP contribution is 2.25. The van der Waals surface area contributed by atoms with Crippen LogP contribution in [0.2, 0.25) is 0 Å². The molecule has 1 fully saturated rings. The van der Waals surface area contributed by atoms with Gasteiger partial charge in [-0.2, -0.15) is 0 Å². The van der Waals surface area contributed by atoms with E-state index >= 15 is 0 Å². The molecule has 1 aliphatic heterocycles. The summed E-state index contributed by atoms with van der Waals surface area (Å²) in [6.45, 7) is 9.03. The first-order chi connectivity index (χ1) is 9.46. The van der Waals surface area contributed by atoms with Crippen LogP contribution in [0.3, 0.4) is 0 Å². The summed E-state index contributed by atoms with van der Waals surface area (Å²) in [6, 6.07) is 0. The second-order valence-corrected chi connectivity index (χ2v) is 5.61. The normalized spacial score (nSPS) is 18.5. The topological polar surface area (TPSA) is 61.4 Å². The summed E-state index contributed by atoms with van der Waals surface area (Å²) in [7, 11) is 1.84. The third kappa shape index (κ3) is 2.75. The minimum absolute atomic E-state index is 0.101. The zero-order valence-corrected chi connectivity index (χ0v) is 12.7. The zero-order valence-electron chi connectivity index (χ0n) is 12.7. The molecule has 0 aromatic carbocycles. The van der Waals surface area contributed by atoms with Gasteiger partial charge in [0.2, 0.25) is 11.9 Å². The molecule has 0 unspecified atom stereocenters. The molecule has 1 aliphatic rings. The highest BCUT2D eigenvalue weighted by atomic mass is 16.2. The van der Waals surface area contributed by atoms with Crippen molar-refractivity contribution >= 4 is 11.9 Å². The Morgan fingerprint density at radius 1 is 1.30 bits per heavy atom. The van der Waals surface area contributed by atoms with Crippen LogP contribution in [-0.4, -0.2) is 53.0 Å². The number of anilines is 1. The van der Waals surface area contributed by atoms with Crippen molar-refractivity contribution in [2.45, 2.75) is 32.9 Å².